The van der Waals surface area contributed by atoms with E-state index in [1.807, 2.05) is 36.4 Å². The number of carbonyl (C=O) groups is 2. The molecule has 0 aromatic heterocycles. The maximum absolute atomic E-state index is 12.3. The summed E-state index contributed by atoms with van der Waals surface area (Å²) in [6.45, 7) is 5.46. The van der Waals surface area contributed by atoms with Crippen LogP contribution < -0.4 is 0 Å². The molecule has 0 N–H and O–H groups in total. The highest BCUT2D eigenvalue weighted by Crippen LogP contribution is 2.29. The molecule has 0 radical (unpaired) electrons. The molecule has 0 aliphatic heterocycles. The smallest absolute Gasteiger partial charge is 0.326 e. The second-order valence-corrected chi connectivity index (χ2v) is 6.58. The van der Waals surface area contributed by atoms with Gasteiger partial charge in [-0.1, -0.05) is 67.6 Å². The third-order valence-corrected chi connectivity index (χ3v) is 3.88. The third kappa shape index (κ3) is 6.17. The molecule has 0 amide bonds. The van der Waals surface area contributed by atoms with Crippen molar-refractivity contribution in [1.29, 1.82) is 0 Å². The van der Waals surface area contributed by atoms with Crippen LogP contribution in [0.4, 0.5) is 0 Å². The van der Waals surface area contributed by atoms with Crippen LogP contribution in [0, 0.1) is 0 Å². The lowest BCUT2D eigenvalue weighted by molar-refractivity contribution is -0.146. The van der Waals surface area contributed by atoms with Gasteiger partial charge in [-0.2, -0.15) is 0 Å². The number of ether oxygens (including phenoxy) is 1. The van der Waals surface area contributed by atoms with Crippen LogP contribution in [-0.4, -0.2) is 15.8 Å². The Morgan fingerprint density at radius 1 is 1.29 bits per heavy atom. The number of carbonyl (C=O) groups excluding carboxylic acids is 2. The van der Waals surface area contributed by atoms with E-state index in [1.54, 1.807) is 13.0 Å². The monoisotopic (exact) mass is 306 g/mol. The first kappa shape index (κ1) is 17.5. The van der Waals surface area contributed by atoms with Crippen LogP contribution in [0.25, 0.3) is 0 Å². The minimum Gasteiger partial charge on any atom is -0.460 e. The van der Waals surface area contributed by atoms with Crippen molar-refractivity contribution in [2.75, 3.05) is 0 Å². The fourth-order valence-corrected chi connectivity index (χ4v) is 2.69. The number of allylic oxidation sites excluding steroid dienone is 1. The van der Waals surface area contributed by atoms with Crippen LogP contribution in [0.3, 0.4) is 0 Å². The summed E-state index contributed by atoms with van der Waals surface area (Å²) in [6.07, 6.45) is 5.58. The zero-order chi connectivity index (χ0) is 15.7. The second kappa shape index (κ2) is 8.67. The SMILES string of the molecule is CCC/C=C/[C@](C)(SC(C)=O)C(=O)OCc1ccccc1. The van der Waals surface area contributed by atoms with E-state index in [4.69, 9.17) is 4.74 Å². The number of hydrogen-bond donors (Lipinski definition) is 0. The van der Waals surface area contributed by atoms with Gasteiger partial charge in [-0.3, -0.25) is 9.59 Å². The van der Waals surface area contributed by atoms with E-state index >= 15 is 0 Å². The Bertz CT molecular complexity index is 496. The summed E-state index contributed by atoms with van der Waals surface area (Å²) in [5, 5.41) is -0.102. The standard InChI is InChI=1S/C17H22O3S/c1-4-5-9-12-17(3,21-14(2)18)16(19)20-13-15-10-7-6-8-11-15/h6-12H,4-5,13H2,1-3H3/b12-9+/t17-/m0/s1. The van der Waals surface area contributed by atoms with Crippen molar-refractivity contribution in [3.8, 4) is 0 Å². The van der Waals surface area contributed by atoms with E-state index in [-0.39, 0.29) is 17.7 Å². The van der Waals surface area contributed by atoms with Crippen LogP contribution in [0.5, 0.6) is 0 Å². The number of esters is 1. The van der Waals surface area contributed by atoms with E-state index in [0.717, 1.165) is 30.2 Å². The molecule has 1 rings (SSSR count). The van der Waals surface area contributed by atoms with Gasteiger partial charge in [0.25, 0.3) is 0 Å². The molecule has 1 aromatic carbocycles. The van der Waals surface area contributed by atoms with Crippen LogP contribution >= 0.6 is 11.8 Å². The molecule has 0 spiro atoms. The maximum atomic E-state index is 12.3. The van der Waals surface area contributed by atoms with Gasteiger partial charge in [0.15, 0.2) is 5.12 Å². The van der Waals surface area contributed by atoms with Crippen molar-refractivity contribution in [2.24, 2.45) is 0 Å². The van der Waals surface area contributed by atoms with Crippen LogP contribution in [0.15, 0.2) is 42.5 Å². The maximum Gasteiger partial charge on any atom is 0.326 e. The van der Waals surface area contributed by atoms with Crippen LogP contribution in [0.1, 0.15) is 39.2 Å². The molecule has 4 heteroatoms. The minimum atomic E-state index is -0.963. The highest BCUT2D eigenvalue weighted by atomic mass is 32.2. The summed E-state index contributed by atoms with van der Waals surface area (Å²) >= 11 is 0.995. The van der Waals surface area contributed by atoms with Gasteiger partial charge in [-0.05, 0) is 18.9 Å². The molecular formula is C17H22O3S. The lowest BCUT2D eigenvalue weighted by atomic mass is 10.1. The summed E-state index contributed by atoms with van der Waals surface area (Å²) in [7, 11) is 0. The molecular weight excluding hydrogens is 284 g/mol. The summed E-state index contributed by atoms with van der Waals surface area (Å²) in [5.41, 5.74) is 0.929. The molecule has 0 saturated carbocycles. The number of unbranched alkanes of at least 4 members (excludes halogenated alkanes) is 1. The second-order valence-electron chi connectivity index (χ2n) is 4.95. The normalized spacial score (nSPS) is 13.9. The molecule has 0 fully saturated rings. The molecule has 0 aliphatic carbocycles. The molecule has 21 heavy (non-hydrogen) atoms. The molecule has 114 valence electrons. The van der Waals surface area contributed by atoms with Crippen molar-refractivity contribution in [3.63, 3.8) is 0 Å². The Morgan fingerprint density at radius 2 is 1.95 bits per heavy atom. The number of benzene rings is 1. The first-order chi connectivity index (χ1) is 9.98. The Balaban J connectivity index is 2.72. The summed E-state index contributed by atoms with van der Waals surface area (Å²) in [6, 6.07) is 9.50. The topological polar surface area (TPSA) is 43.4 Å². The first-order valence-electron chi connectivity index (χ1n) is 7.06. The Hall–Kier alpha value is -1.55. The summed E-state index contributed by atoms with van der Waals surface area (Å²) < 4.78 is 4.40. The molecule has 1 atom stereocenters. The van der Waals surface area contributed by atoms with E-state index in [9.17, 15) is 9.59 Å². The summed E-state index contributed by atoms with van der Waals surface area (Å²) in [4.78, 5) is 23.7. The van der Waals surface area contributed by atoms with Crippen LogP contribution in [-0.2, 0) is 20.9 Å². The average Bonchev–Trinajstić information content (AvgIpc) is 2.45. The number of rotatable bonds is 7. The van der Waals surface area contributed by atoms with E-state index < -0.39 is 4.75 Å². The van der Waals surface area contributed by atoms with E-state index in [0.29, 0.717) is 0 Å². The first-order valence-corrected chi connectivity index (χ1v) is 7.88. The van der Waals surface area contributed by atoms with Gasteiger partial charge in [0, 0.05) is 6.92 Å². The number of thioether (sulfide) groups is 1. The fourth-order valence-electron chi connectivity index (χ4n) is 1.78. The zero-order valence-corrected chi connectivity index (χ0v) is 13.6. The molecule has 3 nitrogen and oxygen atoms in total. The molecule has 0 aliphatic rings. The summed E-state index contributed by atoms with van der Waals surface area (Å²) in [5.74, 6) is -0.390. The van der Waals surface area contributed by atoms with Crippen LogP contribution in [0.2, 0.25) is 0 Å². The van der Waals surface area contributed by atoms with Gasteiger partial charge in [-0.25, -0.2) is 0 Å². The molecule has 0 heterocycles. The van der Waals surface area contributed by atoms with E-state index in [1.165, 1.54) is 6.92 Å². The van der Waals surface area contributed by atoms with Gasteiger partial charge in [0.1, 0.15) is 11.4 Å². The van der Waals surface area contributed by atoms with Crippen molar-refractivity contribution < 1.29 is 14.3 Å². The van der Waals surface area contributed by atoms with E-state index in [2.05, 4.69) is 6.92 Å². The van der Waals surface area contributed by atoms with Crippen molar-refractivity contribution >= 4 is 22.8 Å². The highest BCUT2D eigenvalue weighted by molar-refractivity contribution is 8.15. The Kier molecular flexibility index (Phi) is 7.23. The van der Waals surface area contributed by atoms with Gasteiger partial charge in [0.05, 0.1) is 0 Å². The predicted octanol–water partition coefficient (Wildman–Crippen LogP) is 4.12. The average molecular weight is 306 g/mol. The lowest BCUT2D eigenvalue weighted by Crippen LogP contribution is -2.32. The van der Waals surface area contributed by atoms with Gasteiger partial charge in [-0.15, -0.1) is 0 Å². The van der Waals surface area contributed by atoms with Crippen molar-refractivity contribution in [3.05, 3.63) is 48.0 Å². The van der Waals surface area contributed by atoms with Gasteiger partial charge in [0.2, 0.25) is 0 Å². The minimum absolute atomic E-state index is 0.102. The Labute approximate surface area is 130 Å². The Morgan fingerprint density at radius 3 is 2.52 bits per heavy atom. The quantitative estimate of drug-likeness (QED) is 0.561. The molecule has 1 aromatic rings. The molecule has 0 saturated heterocycles. The van der Waals surface area contributed by atoms with Gasteiger partial charge >= 0.3 is 5.97 Å². The van der Waals surface area contributed by atoms with Crippen molar-refractivity contribution in [1.82, 2.24) is 0 Å². The number of hydrogen-bond acceptors (Lipinski definition) is 4. The molecule has 0 unspecified atom stereocenters. The highest BCUT2D eigenvalue weighted by Gasteiger charge is 2.34. The largest absolute Gasteiger partial charge is 0.460 e. The van der Waals surface area contributed by atoms with Gasteiger partial charge < -0.3 is 4.74 Å². The van der Waals surface area contributed by atoms with Crippen molar-refractivity contribution in [2.45, 2.75) is 45.0 Å². The third-order valence-electron chi connectivity index (χ3n) is 2.87. The molecule has 0 bridgehead atoms. The predicted molar refractivity (Wildman–Crippen MR) is 87.0 cm³/mol. The zero-order valence-electron chi connectivity index (χ0n) is 12.8. The fraction of sp³-hybridized carbons (Fsp3) is 0.412. The lowest BCUT2D eigenvalue weighted by Gasteiger charge is -2.22.